The topological polar surface area (TPSA) is 45.1 Å². The van der Waals surface area contributed by atoms with Crippen LogP contribution >= 0.6 is 12.2 Å². The molecular formula is C30H33N5S. The number of anilines is 1. The molecule has 1 aliphatic rings. The van der Waals surface area contributed by atoms with Crippen LogP contribution in [-0.2, 0) is 0 Å². The molecule has 2 aromatic carbocycles. The van der Waals surface area contributed by atoms with Gasteiger partial charge in [-0.1, -0.05) is 42.5 Å². The van der Waals surface area contributed by atoms with Gasteiger partial charge in [-0.3, -0.25) is 4.98 Å². The second-order valence-electron chi connectivity index (χ2n) is 9.35. The average Bonchev–Trinajstić information content (AvgIpc) is 3.34. The first-order valence-electron chi connectivity index (χ1n) is 12.6. The first-order valence-corrected chi connectivity index (χ1v) is 13.0. The van der Waals surface area contributed by atoms with Gasteiger partial charge in [-0.05, 0) is 81.4 Å². The van der Waals surface area contributed by atoms with Gasteiger partial charge in [-0.15, -0.1) is 0 Å². The van der Waals surface area contributed by atoms with E-state index >= 15 is 0 Å². The van der Waals surface area contributed by atoms with Gasteiger partial charge in [0.25, 0.3) is 0 Å². The summed E-state index contributed by atoms with van der Waals surface area (Å²) < 4.78 is 2.37. The fourth-order valence-electron chi connectivity index (χ4n) is 5.40. The second-order valence-corrected chi connectivity index (χ2v) is 9.73. The third-order valence-corrected chi connectivity index (χ3v) is 7.55. The fraction of sp³-hybridized carbons (Fsp3) is 0.267. The second kappa shape index (κ2) is 10.5. The Morgan fingerprint density at radius 3 is 2.28 bits per heavy atom. The van der Waals surface area contributed by atoms with Crippen molar-refractivity contribution >= 4 is 23.0 Å². The highest BCUT2D eigenvalue weighted by atomic mass is 32.1. The van der Waals surface area contributed by atoms with Crippen molar-refractivity contribution in [3.8, 4) is 5.69 Å². The van der Waals surface area contributed by atoms with Crippen molar-refractivity contribution in [2.75, 3.05) is 18.4 Å². The lowest BCUT2D eigenvalue weighted by Crippen LogP contribution is -2.32. The number of para-hydroxylation sites is 2. The first kappa shape index (κ1) is 24.1. The summed E-state index contributed by atoms with van der Waals surface area (Å²) in [7, 11) is 0. The maximum atomic E-state index is 5.92. The standard InChI is InChI=1S/C30H33N5S/c1-21-22(2)35(25-15-8-5-9-16-25)23(3)27(21)29-28(26-17-10-11-18-32-26)33-30(36)34(29)20-12-19-31-24-13-6-4-7-14-24/h4-11,13-18,28-29,31H,12,19-20H2,1-3H3,(H,33,36)/t28-,29+/m0/s1. The molecule has 184 valence electrons. The maximum absolute atomic E-state index is 5.92. The third kappa shape index (κ3) is 4.61. The van der Waals surface area contributed by atoms with Gasteiger partial charge in [0.1, 0.15) is 0 Å². The van der Waals surface area contributed by atoms with Crippen molar-refractivity contribution in [3.63, 3.8) is 0 Å². The van der Waals surface area contributed by atoms with Gasteiger partial charge in [-0.25, -0.2) is 0 Å². The molecule has 0 unspecified atom stereocenters. The Morgan fingerprint density at radius 1 is 0.889 bits per heavy atom. The van der Waals surface area contributed by atoms with Crippen LogP contribution in [0.25, 0.3) is 5.69 Å². The van der Waals surface area contributed by atoms with Crippen LogP contribution in [0.4, 0.5) is 5.69 Å². The molecular weight excluding hydrogens is 462 g/mol. The van der Waals surface area contributed by atoms with E-state index in [2.05, 4.69) is 108 Å². The molecule has 0 bridgehead atoms. The molecule has 2 N–H and O–H groups in total. The highest BCUT2D eigenvalue weighted by molar-refractivity contribution is 7.80. The molecule has 0 spiro atoms. The Morgan fingerprint density at radius 2 is 1.58 bits per heavy atom. The van der Waals surface area contributed by atoms with E-state index in [1.165, 1.54) is 28.2 Å². The number of aromatic nitrogens is 2. The van der Waals surface area contributed by atoms with Crippen molar-refractivity contribution in [3.05, 3.63) is 113 Å². The summed E-state index contributed by atoms with van der Waals surface area (Å²) >= 11 is 5.92. The number of rotatable bonds is 8. The lowest BCUT2D eigenvalue weighted by molar-refractivity contribution is 0.314. The lowest BCUT2D eigenvalue weighted by Gasteiger charge is -2.29. The minimum atomic E-state index is -0.00999. The highest BCUT2D eigenvalue weighted by Gasteiger charge is 2.42. The van der Waals surface area contributed by atoms with Gasteiger partial charge in [0, 0.05) is 47.6 Å². The molecule has 1 aliphatic heterocycles. The molecule has 1 saturated heterocycles. The number of nitrogens with one attached hydrogen (secondary N) is 2. The molecule has 5 nitrogen and oxygen atoms in total. The Kier molecular flexibility index (Phi) is 7.05. The molecule has 1 fully saturated rings. The largest absolute Gasteiger partial charge is 0.385 e. The minimum absolute atomic E-state index is 0.00999. The number of thiocarbonyl (C=S) groups is 1. The van der Waals surface area contributed by atoms with Gasteiger partial charge in [0.05, 0.1) is 17.8 Å². The van der Waals surface area contributed by atoms with E-state index in [1.807, 2.05) is 18.3 Å². The van der Waals surface area contributed by atoms with E-state index in [0.29, 0.717) is 0 Å². The van der Waals surface area contributed by atoms with Gasteiger partial charge in [0.2, 0.25) is 0 Å². The molecule has 0 amide bonds. The summed E-state index contributed by atoms with van der Waals surface area (Å²) in [6.07, 6.45) is 2.84. The Labute approximate surface area is 219 Å². The van der Waals surface area contributed by atoms with Gasteiger partial charge in [-0.2, -0.15) is 0 Å². The van der Waals surface area contributed by atoms with E-state index < -0.39 is 0 Å². The lowest BCUT2D eigenvalue weighted by atomic mass is 9.93. The molecule has 5 rings (SSSR count). The SMILES string of the molecule is Cc1c([C@@H]2[C@H](c3ccccn3)NC(=S)N2CCCNc2ccccc2)c(C)n(-c2ccccc2)c1C. The Bertz CT molecular complexity index is 1320. The van der Waals surface area contributed by atoms with E-state index in [9.17, 15) is 0 Å². The summed E-state index contributed by atoms with van der Waals surface area (Å²) in [5.74, 6) is 0. The Balaban J connectivity index is 1.49. The van der Waals surface area contributed by atoms with Crippen LogP contribution in [0.1, 0.15) is 46.7 Å². The minimum Gasteiger partial charge on any atom is -0.385 e. The molecule has 0 saturated carbocycles. The number of hydrogen-bond acceptors (Lipinski definition) is 3. The predicted molar refractivity (Wildman–Crippen MR) is 152 cm³/mol. The quantitative estimate of drug-likeness (QED) is 0.223. The number of nitrogens with zero attached hydrogens (tertiary/aromatic N) is 3. The molecule has 2 atom stereocenters. The maximum Gasteiger partial charge on any atom is 0.170 e. The molecule has 2 aromatic heterocycles. The molecule has 0 aliphatic carbocycles. The number of hydrogen-bond donors (Lipinski definition) is 2. The normalized spacial score (nSPS) is 17.3. The van der Waals surface area contributed by atoms with Crippen LogP contribution in [-0.4, -0.2) is 32.7 Å². The van der Waals surface area contributed by atoms with Crippen LogP contribution < -0.4 is 10.6 Å². The summed E-state index contributed by atoms with van der Waals surface area (Å²) in [5, 5.41) is 7.94. The molecule has 6 heteroatoms. The van der Waals surface area contributed by atoms with Crippen molar-refractivity contribution in [1.29, 1.82) is 0 Å². The monoisotopic (exact) mass is 495 g/mol. The first-order chi connectivity index (χ1) is 17.6. The van der Waals surface area contributed by atoms with Crippen LogP contribution in [0.3, 0.4) is 0 Å². The van der Waals surface area contributed by atoms with Crippen molar-refractivity contribution in [2.24, 2.45) is 0 Å². The van der Waals surface area contributed by atoms with E-state index in [1.54, 1.807) is 0 Å². The summed E-state index contributed by atoms with van der Waals surface area (Å²) in [6, 6.07) is 27.1. The fourth-order valence-corrected chi connectivity index (χ4v) is 5.74. The van der Waals surface area contributed by atoms with E-state index in [0.717, 1.165) is 36.0 Å². The van der Waals surface area contributed by atoms with Crippen molar-refractivity contribution < 1.29 is 0 Å². The van der Waals surface area contributed by atoms with Crippen LogP contribution in [0.5, 0.6) is 0 Å². The van der Waals surface area contributed by atoms with Crippen molar-refractivity contribution in [1.82, 2.24) is 19.8 Å². The van der Waals surface area contributed by atoms with E-state index in [4.69, 9.17) is 17.2 Å². The smallest absolute Gasteiger partial charge is 0.170 e. The summed E-state index contributed by atoms with van der Waals surface area (Å²) in [6.45, 7) is 8.42. The van der Waals surface area contributed by atoms with E-state index in [-0.39, 0.29) is 12.1 Å². The van der Waals surface area contributed by atoms with Crippen molar-refractivity contribution in [2.45, 2.75) is 39.3 Å². The average molecular weight is 496 g/mol. The molecule has 0 radical (unpaired) electrons. The predicted octanol–water partition coefficient (Wildman–Crippen LogP) is 6.27. The molecule has 4 aromatic rings. The van der Waals surface area contributed by atoms with Crippen LogP contribution in [0.15, 0.2) is 85.1 Å². The number of pyridine rings is 1. The zero-order chi connectivity index (χ0) is 25.1. The summed E-state index contributed by atoms with van der Waals surface area (Å²) in [4.78, 5) is 7.09. The van der Waals surface area contributed by atoms with Gasteiger partial charge in [0.15, 0.2) is 5.11 Å². The van der Waals surface area contributed by atoms with Crippen LogP contribution in [0, 0.1) is 20.8 Å². The number of benzene rings is 2. The zero-order valence-corrected chi connectivity index (χ0v) is 21.9. The van der Waals surface area contributed by atoms with Gasteiger partial charge >= 0.3 is 0 Å². The molecule has 36 heavy (non-hydrogen) atoms. The summed E-state index contributed by atoms with van der Waals surface area (Å²) in [5.41, 5.74) is 8.49. The zero-order valence-electron chi connectivity index (χ0n) is 21.1. The third-order valence-electron chi connectivity index (χ3n) is 7.19. The highest BCUT2D eigenvalue weighted by Crippen LogP contribution is 2.43. The van der Waals surface area contributed by atoms with Gasteiger partial charge < -0.3 is 20.1 Å². The molecule has 3 heterocycles. The Hall–Kier alpha value is -3.64. The van der Waals surface area contributed by atoms with Crippen LogP contribution in [0.2, 0.25) is 0 Å².